The molecular formula is C17H26F6NO2P. The van der Waals surface area contributed by atoms with Crippen molar-refractivity contribution in [1.29, 1.82) is 0 Å². The van der Waals surface area contributed by atoms with Gasteiger partial charge in [-0.15, -0.1) is 0 Å². The van der Waals surface area contributed by atoms with Gasteiger partial charge in [-0.1, -0.05) is 43.8 Å². The van der Waals surface area contributed by atoms with Crippen LogP contribution < -0.4 is 0 Å². The Hall–Kier alpha value is -1.60. The number of ether oxygens (including phenoxy) is 1. The summed E-state index contributed by atoms with van der Waals surface area (Å²) in [4.78, 5) is 11.1. The van der Waals surface area contributed by atoms with Gasteiger partial charge in [0.1, 0.15) is 6.54 Å². The van der Waals surface area contributed by atoms with Gasteiger partial charge in [0, 0.05) is 18.4 Å². The summed E-state index contributed by atoms with van der Waals surface area (Å²) in [6.45, 7) is 8.35. The molecule has 0 aromatic heterocycles. The van der Waals surface area contributed by atoms with Crippen molar-refractivity contribution >= 4 is 19.4 Å². The Bertz CT molecular complexity index is 618. The molecule has 0 bridgehead atoms. The van der Waals surface area contributed by atoms with Crippen LogP contribution >= 0.6 is 7.81 Å². The molecule has 0 saturated heterocycles. The minimum absolute atomic E-state index is 0.121. The van der Waals surface area contributed by atoms with E-state index in [4.69, 9.17) is 4.74 Å². The summed E-state index contributed by atoms with van der Waals surface area (Å²) >= 11 is 0. The number of quaternary nitrogens is 1. The van der Waals surface area contributed by atoms with Crippen molar-refractivity contribution in [3.8, 4) is 0 Å². The molecule has 0 unspecified atom stereocenters. The number of carbonyl (C=O) groups is 1. The number of carbonyl (C=O) groups excluding carboxylic acids is 1. The maximum absolute atomic E-state index is 11.1. The fraction of sp³-hybridized carbons (Fsp3) is 0.471. The monoisotopic (exact) mass is 421 g/mol. The number of esters is 1. The fourth-order valence-electron chi connectivity index (χ4n) is 2.14. The van der Waals surface area contributed by atoms with Crippen molar-refractivity contribution < 1.29 is 39.2 Å². The third-order valence-corrected chi connectivity index (χ3v) is 3.26. The Kier molecular flexibility index (Phi) is 8.10. The molecular weight excluding hydrogens is 395 g/mol. The van der Waals surface area contributed by atoms with Crippen LogP contribution in [0.2, 0.25) is 0 Å². The predicted octanol–water partition coefficient (Wildman–Crippen LogP) is 6.50. The van der Waals surface area contributed by atoms with Gasteiger partial charge in [0.25, 0.3) is 0 Å². The number of hydrogen-bond donors (Lipinski definition) is 0. The Morgan fingerprint density at radius 2 is 1.56 bits per heavy atom. The average molecular weight is 421 g/mol. The second kappa shape index (κ2) is 8.61. The molecule has 0 spiro atoms. The van der Waals surface area contributed by atoms with E-state index < -0.39 is 7.81 Å². The summed E-state index contributed by atoms with van der Waals surface area (Å²) in [5, 5.41) is 0. The Labute approximate surface area is 155 Å². The number of likely N-dealkylation sites (N-methyl/N-ethyl adjacent to an activating group) is 1. The van der Waals surface area contributed by atoms with Crippen LogP contribution in [0.5, 0.6) is 0 Å². The van der Waals surface area contributed by atoms with Crippen LogP contribution in [0.4, 0.5) is 25.2 Å². The van der Waals surface area contributed by atoms with E-state index in [9.17, 15) is 30.0 Å². The summed E-state index contributed by atoms with van der Waals surface area (Å²) in [6, 6.07) is 10.3. The molecule has 27 heavy (non-hydrogen) atoms. The van der Waals surface area contributed by atoms with E-state index in [2.05, 4.69) is 32.8 Å². The van der Waals surface area contributed by atoms with Gasteiger partial charge in [-0.05, 0) is 5.56 Å². The fourth-order valence-corrected chi connectivity index (χ4v) is 2.14. The SMILES string of the molecule is C=C(C[N+](C)(C)CCCOC(=O)CC)c1ccccc1.F[P-](F)(F)(F)(F)F. The summed E-state index contributed by atoms with van der Waals surface area (Å²) in [6.07, 6.45) is 1.32. The quantitative estimate of drug-likeness (QED) is 0.157. The van der Waals surface area contributed by atoms with Gasteiger partial charge in [0.05, 0.1) is 27.2 Å². The van der Waals surface area contributed by atoms with Gasteiger partial charge in [-0.3, -0.25) is 4.79 Å². The zero-order chi connectivity index (χ0) is 21.4. The van der Waals surface area contributed by atoms with E-state index in [1.165, 1.54) is 5.56 Å². The van der Waals surface area contributed by atoms with Crippen molar-refractivity contribution in [3.05, 3.63) is 42.5 Å². The Morgan fingerprint density at radius 3 is 2.00 bits per heavy atom. The summed E-state index contributed by atoms with van der Waals surface area (Å²) in [7, 11) is -6.30. The number of hydrogen-bond acceptors (Lipinski definition) is 2. The second-order valence-electron chi connectivity index (χ2n) is 6.67. The second-order valence-corrected chi connectivity index (χ2v) is 8.59. The van der Waals surface area contributed by atoms with Crippen LogP contribution in [0.25, 0.3) is 5.57 Å². The van der Waals surface area contributed by atoms with Crippen molar-refractivity contribution in [2.75, 3.05) is 33.8 Å². The first-order valence-corrected chi connectivity index (χ1v) is 10.2. The molecule has 1 aromatic carbocycles. The molecule has 1 aromatic rings. The van der Waals surface area contributed by atoms with Crippen LogP contribution in [-0.4, -0.2) is 44.2 Å². The molecule has 0 N–H and O–H groups in total. The zero-order valence-corrected chi connectivity index (χ0v) is 16.5. The first-order valence-electron chi connectivity index (χ1n) is 8.17. The predicted molar refractivity (Wildman–Crippen MR) is 96.8 cm³/mol. The average Bonchev–Trinajstić information content (AvgIpc) is 2.48. The first kappa shape index (κ1) is 25.4. The van der Waals surface area contributed by atoms with Crippen LogP contribution in [-0.2, 0) is 9.53 Å². The van der Waals surface area contributed by atoms with Crippen molar-refractivity contribution in [2.45, 2.75) is 19.8 Å². The first-order chi connectivity index (χ1) is 11.9. The van der Waals surface area contributed by atoms with Gasteiger partial charge in [-0.25, -0.2) is 0 Å². The van der Waals surface area contributed by atoms with E-state index in [0.29, 0.717) is 13.0 Å². The molecule has 3 nitrogen and oxygen atoms in total. The molecule has 0 heterocycles. The van der Waals surface area contributed by atoms with Crippen molar-refractivity contribution in [2.24, 2.45) is 0 Å². The molecule has 0 radical (unpaired) electrons. The normalized spacial score (nSPS) is 14.3. The van der Waals surface area contributed by atoms with Crippen LogP contribution in [0, 0.1) is 0 Å². The molecule has 0 aliphatic heterocycles. The molecule has 0 fully saturated rings. The zero-order valence-electron chi connectivity index (χ0n) is 15.6. The van der Waals surface area contributed by atoms with E-state index in [1.54, 1.807) is 0 Å². The Morgan fingerprint density at radius 1 is 1.07 bits per heavy atom. The van der Waals surface area contributed by atoms with Crippen LogP contribution in [0.3, 0.4) is 0 Å². The summed E-state index contributed by atoms with van der Waals surface area (Å²) in [5.41, 5.74) is 2.33. The van der Waals surface area contributed by atoms with Crippen molar-refractivity contribution in [3.63, 3.8) is 0 Å². The van der Waals surface area contributed by atoms with Gasteiger partial charge in [-0.2, -0.15) is 0 Å². The summed E-state index contributed by atoms with van der Waals surface area (Å²) in [5.74, 6) is -0.121. The van der Waals surface area contributed by atoms with Crippen LogP contribution in [0.15, 0.2) is 36.9 Å². The van der Waals surface area contributed by atoms with Crippen molar-refractivity contribution in [1.82, 2.24) is 0 Å². The number of benzene rings is 1. The van der Waals surface area contributed by atoms with Gasteiger partial charge in [0.15, 0.2) is 0 Å². The number of nitrogens with zero attached hydrogens (tertiary/aromatic N) is 1. The molecule has 0 atom stereocenters. The van der Waals surface area contributed by atoms with E-state index in [-0.39, 0.29) is 5.97 Å². The third-order valence-electron chi connectivity index (χ3n) is 3.26. The van der Waals surface area contributed by atoms with E-state index in [0.717, 1.165) is 29.6 Å². The van der Waals surface area contributed by atoms with E-state index >= 15 is 0 Å². The van der Waals surface area contributed by atoms with Crippen LogP contribution in [0.1, 0.15) is 25.3 Å². The Balaban J connectivity index is 0.000000821. The maximum atomic E-state index is 11.1. The van der Waals surface area contributed by atoms with Gasteiger partial charge >= 0.3 is 39.0 Å². The molecule has 10 heteroatoms. The topological polar surface area (TPSA) is 26.3 Å². The van der Waals surface area contributed by atoms with Gasteiger partial charge < -0.3 is 9.22 Å². The number of halogens is 6. The molecule has 158 valence electrons. The third kappa shape index (κ3) is 19.0. The molecule has 1 rings (SSSR count). The molecule has 0 aliphatic carbocycles. The minimum atomic E-state index is -10.7. The van der Waals surface area contributed by atoms with E-state index in [1.807, 2.05) is 25.1 Å². The number of rotatable bonds is 8. The van der Waals surface area contributed by atoms with Gasteiger partial charge in [0.2, 0.25) is 0 Å². The standard InChI is InChI=1S/C17H26NO2.F6P/c1-5-17(19)20-13-9-12-18(3,4)14-15(2)16-10-7-6-8-11-16;1-7(2,3,4,5)6/h6-8,10-11H,2,5,9,12-14H2,1,3-4H3;/q+1;-1. The molecule has 0 saturated carbocycles. The summed E-state index contributed by atoms with van der Waals surface area (Å²) < 4.78 is 65.1. The molecule has 0 aliphatic rings. The molecule has 0 amide bonds.